The lowest BCUT2D eigenvalue weighted by Crippen LogP contribution is -2.21. The maximum atomic E-state index is 4.67. The molecule has 0 spiro atoms. The van der Waals surface area contributed by atoms with Crippen molar-refractivity contribution in [3.8, 4) is 0 Å². The first-order valence-corrected chi connectivity index (χ1v) is 6.70. The first kappa shape index (κ1) is 12.7. The number of aromatic amines is 1. The standard InChI is InChI=1S/C13H17N7/c1-3-20-11-7-5-4-6-10(11)15-12(20)8-14-9(2)13-16-18-19-17-13/h4-7,9,14H,3,8H2,1-2H3,(H,16,17,18,19). The fraction of sp³-hybridized carbons (Fsp3) is 0.385. The number of benzene rings is 1. The van der Waals surface area contributed by atoms with Crippen molar-refractivity contribution in [2.45, 2.75) is 33.0 Å². The van der Waals surface area contributed by atoms with Crippen molar-refractivity contribution in [2.24, 2.45) is 0 Å². The van der Waals surface area contributed by atoms with Crippen LogP contribution < -0.4 is 5.32 Å². The molecule has 7 nitrogen and oxygen atoms in total. The quantitative estimate of drug-likeness (QED) is 0.733. The summed E-state index contributed by atoms with van der Waals surface area (Å²) in [6.45, 7) is 5.69. The molecule has 0 radical (unpaired) electrons. The van der Waals surface area contributed by atoms with Crippen LogP contribution in [0.1, 0.15) is 31.5 Å². The van der Waals surface area contributed by atoms with Gasteiger partial charge in [-0.1, -0.05) is 17.3 Å². The van der Waals surface area contributed by atoms with Crippen LogP contribution in [0.3, 0.4) is 0 Å². The molecule has 2 aromatic heterocycles. The van der Waals surface area contributed by atoms with Gasteiger partial charge < -0.3 is 9.88 Å². The first-order chi connectivity index (χ1) is 9.79. The number of H-pyrrole nitrogens is 1. The highest BCUT2D eigenvalue weighted by molar-refractivity contribution is 5.75. The summed E-state index contributed by atoms with van der Waals surface area (Å²) in [7, 11) is 0. The summed E-state index contributed by atoms with van der Waals surface area (Å²) in [6.07, 6.45) is 0. The van der Waals surface area contributed by atoms with Crippen LogP contribution in [0.15, 0.2) is 24.3 Å². The molecular formula is C13H17N7. The first-order valence-electron chi connectivity index (χ1n) is 6.70. The van der Waals surface area contributed by atoms with Gasteiger partial charge in [0.2, 0.25) is 0 Å². The lowest BCUT2D eigenvalue weighted by molar-refractivity contribution is 0.522. The highest BCUT2D eigenvalue weighted by atomic mass is 15.5. The molecule has 0 aliphatic heterocycles. The number of para-hydroxylation sites is 2. The Hall–Kier alpha value is -2.28. The van der Waals surface area contributed by atoms with E-state index in [0.717, 1.165) is 17.9 Å². The van der Waals surface area contributed by atoms with Crippen LogP contribution in [0, 0.1) is 0 Å². The Kier molecular flexibility index (Phi) is 3.42. The molecule has 104 valence electrons. The Morgan fingerprint density at radius 1 is 1.35 bits per heavy atom. The minimum atomic E-state index is 0.0267. The second-order valence-electron chi connectivity index (χ2n) is 4.63. The number of aromatic nitrogens is 6. The average Bonchev–Trinajstić information content (AvgIpc) is 3.11. The molecule has 0 aliphatic carbocycles. The fourth-order valence-electron chi connectivity index (χ4n) is 2.30. The molecule has 0 aliphatic rings. The predicted octanol–water partition coefficient (Wildman–Crippen LogP) is 1.42. The molecule has 0 amide bonds. The smallest absolute Gasteiger partial charge is 0.191 e. The van der Waals surface area contributed by atoms with E-state index in [0.29, 0.717) is 12.4 Å². The van der Waals surface area contributed by atoms with Crippen LogP contribution in [-0.2, 0) is 13.1 Å². The summed E-state index contributed by atoms with van der Waals surface area (Å²) in [6, 6.07) is 8.20. The number of nitrogens with zero attached hydrogens (tertiary/aromatic N) is 5. The number of fused-ring (bicyclic) bond motifs is 1. The van der Waals surface area contributed by atoms with Crippen molar-refractivity contribution in [1.82, 2.24) is 35.5 Å². The summed E-state index contributed by atoms with van der Waals surface area (Å²) in [5, 5.41) is 17.4. The number of nitrogens with one attached hydrogen (secondary N) is 2. The van der Waals surface area contributed by atoms with Crippen LogP contribution >= 0.6 is 0 Å². The maximum Gasteiger partial charge on any atom is 0.191 e. The van der Waals surface area contributed by atoms with E-state index in [4.69, 9.17) is 0 Å². The zero-order chi connectivity index (χ0) is 13.9. The van der Waals surface area contributed by atoms with Crippen molar-refractivity contribution < 1.29 is 0 Å². The summed E-state index contributed by atoms with van der Waals surface area (Å²) in [5.74, 6) is 1.67. The molecule has 1 unspecified atom stereocenters. The van der Waals surface area contributed by atoms with Gasteiger partial charge in [0.1, 0.15) is 5.82 Å². The van der Waals surface area contributed by atoms with Gasteiger partial charge in [0.15, 0.2) is 5.82 Å². The molecule has 20 heavy (non-hydrogen) atoms. The summed E-state index contributed by atoms with van der Waals surface area (Å²) in [4.78, 5) is 4.67. The zero-order valence-corrected chi connectivity index (χ0v) is 11.5. The number of hydrogen-bond donors (Lipinski definition) is 2. The lowest BCUT2D eigenvalue weighted by atomic mass is 10.3. The number of rotatable bonds is 5. The van der Waals surface area contributed by atoms with Gasteiger partial charge in [-0.2, -0.15) is 5.21 Å². The van der Waals surface area contributed by atoms with Crippen molar-refractivity contribution in [2.75, 3.05) is 0 Å². The second-order valence-corrected chi connectivity index (χ2v) is 4.63. The third-order valence-electron chi connectivity index (χ3n) is 3.37. The van der Waals surface area contributed by atoms with Gasteiger partial charge in [-0.25, -0.2) is 4.98 Å². The largest absolute Gasteiger partial charge is 0.327 e. The normalized spacial score (nSPS) is 12.9. The molecule has 0 saturated heterocycles. The predicted molar refractivity (Wildman–Crippen MR) is 74.8 cm³/mol. The van der Waals surface area contributed by atoms with Crippen LogP contribution in [0.25, 0.3) is 11.0 Å². The topological polar surface area (TPSA) is 84.3 Å². The highest BCUT2D eigenvalue weighted by Crippen LogP contribution is 2.16. The molecule has 1 atom stereocenters. The van der Waals surface area contributed by atoms with Gasteiger partial charge in [0.25, 0.3) is 0 Å². The van der Waals surface area contributed by atoms with Gasteiger partial charge in [0.05, 0.1) is 23.6 Å². The average molecular weight is 271 g/mol. The molecule has 0 fully saturated rings. The van der Waals surface area contributed by atoms with E-state index in [9.17, 15) is 0 Å². The third-order valence-corrected chi connectivity index (χ3v) is 3.37. The van der Waals surface area contributed by atoms with Gasteiger partial charge in [-0.15, -0.1) is 10.2 Å². The van der Waals surface area contributed by atoms with E-state index >= 15 is 0 Å². The van der Waals surface area contributed by atoms with E-state index in [-0.39, 0.29) is 6.04 Å². The molecule has 1 aromatic carbocycles. The van der Waals surface area contributed by atoms with E-state index in [1.54, 1.807) is 0 Å². The van der Waals surface area contributed by atoms with Crippen LogP contribution in [0.5, 0.6) is 0 Å². The van der Waals surface area contributed by atoms with Crippen molar-refractivity contribution >= 4 is 11.0 Å². The van der Waals surface area contributed by atoms with E-state index in [1.807, 2.05) is 25.1 Å². The monoisotopic (exact) mass is 271 g/mol. The van der Waals surface area contributed by atoms with Crippen molar-refractivity contribution in [1.29, 1.82) is 0 Å². The Labute approximate surface area is 116 Å². The molecular weight excluding hydrogens is 254 g/mol. The molecule has 3 aromatic rings. The summed E-state index contributed by atoms with van der Waals surface area (Å²) in [5.41, 5.74) is 2.19. The molecule has 7 heteroatoms. The number of aryl methyl sites for hydroxylation is 1. The molecule has 2 N–H and O–H groups in total. The Morgan fingerprint density at radius 2 is 2.20 bits per heavy atom. The van der Waals surface area contributed by atoms with E-state index < -0.39 is 0 Å². The fourth-order valence-corrected chi connectivity index (χ4v) is 2.30. The number of tetrazole rings is 1. The number of hydrogen-bond acceptors (Lipinski definition) is 5. The SMILES string of the molecule is CCn1c(CNC(C)c2nn[nH]n2)nc2ccccc21. The Bertz CT molecular complexity index is 686. The van der Waals surface area contributed by atoms with Gasteiger partial charge >= 0.3 is 0 Å². The highest BCUT2D eigenvalue weighted by Gasteiger charge is 2.13. The molecule has 0 bridgehead atoms. The minimum Gasteiger partial charge on any atom is -0.327 e. The van der Waals surface area contributed by atoms with Crippen LogP contribution in [-0.4, -0.2) is 30.2 Å². The molecule has 3 rings (SSSR count). The summed E-state index contributed by atoms with van der Waals surface area (Å²) >= 11 is 0. The summed E-state index contributed by atoms with van der Waals surface area (Å²) < 4.78 is 2.21. The molecule has 0 saturated carbocycles. The van der Waals surface area contributed by atoms with Crippen molar-refractivity contribution in [3.05, 3.63) is 35.9 Å². The van der Waals surface area contributed by atoms with Gasteiger partial charge in [-0.3, -0.25) is 0 Å². The second kappa shape index (κ2) is 5.38. The Morgan fingerprint density at radius 3 is 2.95 bits per heavy atom. The minimum absolute atomic E-state index is 0.0267. The van der Waals surface area contributed by atoms with Gasteiger partial charge in [-0.05, 0) is 26.0 Å². The van der Waals surface area contributed by atoms with Gasteiger partial charge in [0, 0.05) is 6.54 Å². The van der Waals surface area contributed by atoms with Crippen LogP contribution in [0.2, 0.25) is 0 Å². The number of imidazole rings is 1. The lowest BCUT2D eigenvalue weighted by Gasteiger charge is -2.10. The van der Waals surface area contributed by atoms with E-state index in [1.165, 1.54) is 5.52 Å². The van der Waals surface area contributed by atoms with Crippen LogP contribution in [0.4, 0.5) is 0 Å². The maximum absolute atomic E-state index is 4.67. The zero-order valence-electron chi connectivity index (χ0n) is 11.5. The third kappa shape index (κ3) is 2.27. The Balaban J connectivity index is 1.80. The van der Waals surface area contributed by atoms with Crippen molar-refractivity contribution in [3.63, 3.8) is 0 Å². The molecule has 2 heterocycles. The van der Waals surface area contributed by atoms with E-state index in [2.05, 4.69) is 48.5 Å².